The highest BCUT2D eigenvalue weighted by Gasteiger charge is 2.57. The van der Waals surface area contributed by atoms with Gasteiger partial charge in [0.05, 0.1) is 16.6 Å². The third-order valence-electron chi connectivity index (χ3n) is 7.32. The van der Waals surface area contributed by atoms with Crippen molar-refractivity contribution in [3.63, 3.8) is 0 Å². The first kappa shape index (κ1) is 26.2. The lowest BCUT2D eigenvalue weighted by Crippen LogP contribution is -2.32. The molecule has 0 aliphatic carbocycles. The molecule has 41 heavy (non-hydrogen) atoms. The van der Waals surface area contributed by atoms with Gasteiger partial charge < -0.3 is 5.32 Å². The number of nitrogens with zero attached hydrogens (tertiary/aromatic N) is 2. The number of aromatic nitrogens is 1. The lowest BCUT2D eigenvalue weighted by molar-refractivity contribution is -0.122. The Labute approximate surface area is 251 Å². The van der Waals surface area contributed by atoms with Gasteiger partial charge in [0.25, 0.3) is 0 Å². The molecule has 7 nitrogen and oxygen atoms in total. The second-order valence-electron chi connectivity index (χ2n) is 9.78. The summed E-state index contributed by atoms with van der Waals surface area (Å²) in [5, 5.41) is 7.20. The Balaban J connectivity index is 1.23. The van der Waals surface area contributed by atoms with Crippen LogP contribution in [0.4, 0.5) is 11.4 Å². The highest BCUT2D eigenvalue weighted by atomic mass is 35.5. The van der Waals surface area contributed by atoms with Crippen molar-refractivity contribution in [2.45, 2.75) is 22.7 Å². The van der Waals surface area contributed by atoms with Crippen LogP contribution in [0.25, 0.3) is 10.8 Å². The monoisotopic (exact) mass is 617 g/mol. The number of carbonyl (C=O) groups is 3. The van der Waals surface area contributed by atoms with E-state index in [-0.39, 0.29) is 29.1 Å². The number of rotatable bonds is 5. The van der Waals surface area contributed by atoms with Crippen molar-refractivity contribution in [1.82, 2.24) is 4.57 Å². The Morgan fingerprint density at radius 1 is 0.902 bits per heavy atom. The van der Waals surface area contributed by atoms with Gasteiger partial charge in [0.1, 0.15) is 11.8 Å². The van der Waals surface area contributed by atoms with E-state index in [2.05, 4.69) is 5.32 Å². The Hall–Kier alpha value is -3.70. The number of hydrogen-bond acceptors (Lipinski definition) is 7. The summed E-state index contributed by atoms with van der Waals surface area (Å²) in [7, 11) is 0. The van der Waals surface area contributed by atoms with Crippen molar-refractivity contribution in [2.24, 2.45) is 5.92 Å². The summed E-state index contributed by atoms with van der Waals surface area (Å²) < 4.78 is 1.43. The van der Waals surface area contributed by atoms with Crippen molar-refractivity contribution in [3.05, 3.63) is 109 Å². The summed E-state index contributed by atoms with van der Waals surface area (Å²) in [5.74, 6) is -2.14. The molecule has 11 heteroatoms. The fraction of sp³-hybridized carbons (Fsp3) is 0.133. The molecule has 4 heterocycles. The lowest BCUT2D eigenvalue weighted by atomic mass is 9.87. The van der Waals surface area contributed by atoms with Crippen LogP contribution in [0.15, 0.2) is 94.1 Å². The molecule has 5 aromatic rings. The molecule has 0 radical (unpaired) electrons. The quantitative estimate of drug-likeness (QED) is 0.237. The Morgan fingerprint density at radius 2 is 1.68 bits per heavy atom. The highest BCUT2D eigenvalue weighted by Crippen LogP contribution is 2.54. The molecular formula is C30H20ClN3O4S3. The van der Waals surface area contributed by atoms with E-state index in [1.165, 1.54) is 32.6 Å². The van der Waals surface area contributed by atoms with Crippen LogP contribution >= 0.6 is 46.0 Å². The molecule has 3 amide bonds. The average Bonchev–Trinajstić information content (AvgIpc) is 3.66. The fourth-order valence-electron chi connectivity index (χ4n) is 5.49. The van der Waals surface area contributed by atoms with Crippen molar-refractivity contribution < 1.29 is 14.4 Å². The maximum absolute atomic E-state index is 13.8. The van der Waals surface area contributed by atoms with Gasteiger partial charge in [-0.1, -0.05) is 71.1 Å². The summed E-state index contributed by atoms with van der Waals surface area (Å²) in [6.45, 7) is -0.206. The predicted octanol–water partition coefficient (Wildman–Crippen LogP) is 6.21. The zero-order chi connectivity index (χ0) is 28.2. The minimum Gasteiger partial charge on any atom is -0.325 e. The zero-order valence-electron chi connectivity index (χ0n) is 21.2. The van der Waals surface area contributed by atoms with Gasteiger partial charge in [0.15, 0.2) is 0 Å². The molecule has 0 saturated carbocycles. The van der Waals surface area contributed by atoms with Crippen molar-refractivity contribution in [2.75, 3.05) is 10.2 Å². The number of amides is 3. The molecule has 7 rings (SSSR count). The van der Waals surface area contributed by atoms with E-state index >= 15 is 0 Å². The minimum atomic E-state index is -0.735. The van der Waals surface area contributed by atoms with Crippen molar-refractivity contribution in [3.8, 4) is 0 Å². The molecule has 2 aliphatic heterocycles. The van der Waals surface area contributed by atoms with E-state index in [4.69, 9.17) is 11.6 Å². The topological polar surface area (TPSA) is 88.5 Å². The number of nitrogens with one attached hydrogen (secondary N) is 1. The largest absolute Gasteiger partial charge is 0.325 e. The van der Waals surface area contributed by atoms with Crippen LogP contribution in [-0.2, 0) is 20.9 Å². The zero-order valence-corrected chi connectivity index (χ0v) is 24.4. The molecule has 3 unspecified atom stereocenters. The summed E-state index contributed by atoms with van der Waals surface area (Å²) in [4.78, 5) is 56.6. The number of benzene rings is 3. The normalized spacial score (nSPS) is 19.8. The number of thioether (sulfide) groups is 1. The Kier molecular flexibility index (Phi) is 6.58. The van der Waals surface area contributed by atoms with Crippen LogP contribution in [0.1, 0.15) is 15.7 Å². The number of anilines is 2. The van der Waals surface area contributed by atoms with Gasteiger partial charge >= 0.3 is 4.87 Å². The van der Waals surface area contributed by atoms with E-state index in [0.717, 1.165) is 27.0 Å². The minimum absolute atomic E-state index is 0.206. The van der Waals surface area contributed by atoms with Crippen LogP contribution < -0.4 is 15.1 Å². The van der Waals surface area contributed by atoms with Crippen LogP contribution in [0, 0.1) is 5.92 Å². The van der Waals surface area contributed by atoms with Crippen LogP contribution in [-0.4, -0.2) is 27.5 Å². The predicted molar refractivity (Wildman–Crippen MR) is 164 cm³/mol. The van der Waals surface area contributed by atoms with Crippen molar-refractivity contribution in [1.29, 1.82) is 0 Å². The number of thiazole rings is 1. The number of halogens is 1. The second-order valence-corrected chi connectivity index (χ2v) is 13.3. The molecule has 1 saturated heterocycles. The molecule has 2 aliphatic rings. The van der Waals surface area contributed by atoms with Gasteiger partial charge in [-0.15, -0.1) is 11.3 Å². The van der Waals surface area contributed by atoms with Gasteiger partial charge in [-0.2, -0.15) is 0 Å². The first-order chi connectivity index (χ1) is 19.9. The second kappa shape index (κ2) is 10.3. The van der Waals surface area contributed by atoms with Gasteiger partial charge in [-0.3, -0.25) is 23.7 Å². The summed E-state index contributed by atoms with van der Waals surface area (Å²) in [6.07, 6.45) is 0. The molecule has 3 aromatic carbocycles. The first-order valence-corrected chi connectivity index (χ1v) is 15.7. The Bertz CT molecular complexity index is 1900. The third kappa shape index (κ3) is 4.51. The number of hydrogen-bond donors (Lipinski definition) is 1. The molecular weight excluding hydrogens is 598 g/mol. The molecule has 2 aromatic heterocycles. The fourth-order valence-corrected chi connectivity index (χ4v) is 9.33. The number of thiophene rings is 1. The van der Waals surface area contributed by atoms with E-state index in [1.807, 2.05) is 60.0 Å². The van der Waals surface area contributed by atoms with Crippen LogP contribution in [0.3, 0.4) is 0 Å². The summed E-state index contributed by atoms with van der Waals surface area (Å²) >= 11 is 9.77. The van der Waals surface area contributed by atoms with Gasteiger partial charge in [-0.05, 0) is 58.6 Å². The number of imide groups is 1. The third-order valence-corrected chi connectivity index (χ3v) is 11.1. The standard InChI is InChI=1S/C30H20ClN3O4S3/c31-18-8-11-20(12-9-18)34-27(36)24-23(21-6-3-13-39-21)26-29(40-25(24)28(34)37)33(30(38)41-26)15-22(35)32-19-10-7-16-4-1-2-5-17(16)14-19/h1-14,23-25H,15H2,(H,32,35). The maximum Gasteiger partial charge on any atom is 0.308 e. The molecule has 1 fully saturated rings. The summed E-state index contributed by atoms with van der Waals surface area (Å²) in [6, 6.07) is 23.9. The maximum atomic E-state index is 13.8. The van der Waals surface area contributed by atoms with E-state index in [1.54, 1.807) is 24.3 Å². The summed E-state index contributed by atoms with van der Waals surface area (Å²) in [5.41, 5.74) is 1.09. The first-order valence-electron chi connectivity index (χ1n) is 12.7. The van der Waals surface area contributed by atoms with Gasteiger partial charge in [0, 0.05) is 26.4 Å². The average molecular weight is 618 g/mol. The molecule has 3 atom stereocenters. The lowest BCUT2D eigenvalue weighted by Gasteiger charge is -2.29. The van der Waals surface area contributed by atoms with Gasteiger partial charge in [-0.25, -0.2) is 4.90 Å². The van der Waals surface area contributed by atoms with E-state index in [0.29, 0.717) is 26.3 Å². The smallest absolute Gasteiger partial charge is 0.308 e. The van der Waals surface area contributed by atoms with Gasteiger partial charge in [0.2, 0.25) is 17.7 Å². The molecule has 1 N–H and O–H groups in total. The highest BCUT2D eigenvalue weighted by molar-refractivity contribution is 8.00. The number of fused-ring (bicyclic) bond motifs is 3. The van der Waals surface area contributed by atoms with Crippen LogP contribution in [0.2, 0.25) is 5.02 Å². The molecule has 204 valence electrons. The molecule has 0 bridgehead atoms. The molecule has 0 spiro atoms. The van der Waals surface area contributed by atoms with E-state index < -0.39 is 17.1 Å². The van der Waals surface area contributed by atoms with E-state index in [9.17, 15) is 19.2 Å². The van der Waals surface area contributed by atoms with Crippen molar-refractivity contribution >= 4 is 85.9 Å². The SMILES string of the molecule is O=C(Cn1c2c(sc1=O)C(c1cccs1)C1C(=O)N(c3ccc(Cl)cc3)C(=O)C1S2)Nc1ccc2ccccc2c1. The Morgan fingerprint density at radius 3 is 2.44 bits per heavy atom. The van der Waals surface area contributed by atoms with Crippen LogP contribution in [0.5, 0.6) is 0 Å². The number of carbonyl (C=O) groups excluding carboxylic acids is 3.